The van der Waals surface area contributed by atoms with Gasteiger partial charge in [0.2, 0.25) is 0 Å². The summed E-state index contributed by atoms with van der Waals surface area (Å²) in [7, 11) is 0. The minimum atomic E-state index is -0.0267. The van der Waals surface area contributed by atoms with Crippen molar-refractivity contribution in [3.63, 3.8) is 0 Å². The Hall–Kier alpha value is -0.920. The molecular weight excluding hydrogens is 272 g/mol. The molecule has 6 atom stereocenters. The first-order valence-corrected chi connectivity index (χ1v) is 9.13. The van der Waals surface area contributed by atoms with Crippen molar-refractivity contribution in [2.24, 2.45) is 34.5 Å². The highest BCUT2D eigenvalue weighted by atomic mass is 16.1. The van der Waals surface area contributed by atoms with Crippen LogP contribution in [-0.4, -0.2) is 11.6 Å². The van der Waals surface area contributed by atoms with E-state index in [1.54, 1.807) is 0 Å². The first-order valence-electron chi connectivity index (χ1n) is 9.13. The van der Waals surface area contributed by atoms with Gasteiger partial charge in [0.05, 0.1) is 0 Å². The van der Waals surface area contributed by atoms with Gasteiger partial charge in [0.1, 0.15) is 5.78 Å². The lowest BCUT2D eigenvalue weighted by Crippen LogP contribution is -2.54. The topological polar surface area (TPSA) is 34.1 Å². The second-order valence-corrected chi connectivity index (χ2v) is 8.97. The Morgan fingerprint density at radius 3 is 2.64 bits per heavy atom. The molecule has 0 amide bonds. The Labute approximate surface area is 133 Å². The fourth-order valence-electron chi connectivity index (χ4n) is 6.62. The molecule has 6 unspecified atom stereocenters. The van der Waals surface area contributed by atoms with Crippen LogP contribution in [-0.2, 0) is 9.59 Å². The number of fused-ring (bicyclic) bond motifs is 5. The van der Waals surface area contributed by atoms with Crippen molar-refractivity contribution in [1.82, 2.24) is 0 Å². The summed E-state index contributed by atoms with van der Waals surface area (Å²) >= 11 is 0. The van der Waals surface area contributed by atoms with Gasteiger partial charge in [0, 0.05) is 18.8 Å². The lowest BCUT2D eigenvalue weighted by Gasteiger charge is -2.56. The van der Waals surface area contributed by atoms with E-state index in [1.165, 1.54) is 18.4 Å². The van der Waals surface area contributed by atoms with E-state index in [1.807, 2.05) is 6.08 Å². The Morgan fingerprint density at radius 1 is 1.09 bits per heavy atom. The Bertz CT molecular complexity index is 574. The van der Waals surface area contributed by atoms with Gasteiger partial charge in [0.25, 0.3) is 0 Å². The standard InChI is InChI=1S/C20H28O2/c1-12-4-7-16-15-6-5-13-10-14(21)8-9-19(13,2)18(15)17(22)11-20(12,16)3/h10,12,15-16,18H,4-9,11H2,1-3H3. The summed E-state index contributed by atoms with van der Waals surface area (Å²) in [6.45, 7) is 7.01. The van der Waals surface area contributed by atoms with Crippen LogP contribution in [0.1, 0.15) is 65.7 Å². The summed E-state index contributed by atoms with van der Waals surface area (Å²) in [6, 6.07) is 0. The van der Waals surface area contributed by atoms with E-state index in [-0.39, 0.29) is 22.5 Å². The molecule has 0 N–H and O–H groups in total. The third-order valence-electron chi connectivity index (χ3n) is 8.12. The predicted octanol–water partition coefficient (Wildman–Crippen LogP) is 4.33. The molecule has 4 aliphatic rings. The Morgan fingerprint density at radius 2 is 1.86 bits per heavy atom. The van der Waals surface area contributed by atoms with Crippen molar-refractivity contribution in [3.8, 4) is 0 Å². The molecule has 0 radical (unpaired) electrons. The number of carbonyl (C=O) groups excluding carboxylic acids is 2. The maximum atomic E-state index is 13.2. The largest absolute Gasteiger partial charge is 0.299 e. The monoisotopic (exact) mass is 300 g/mol. The van der Waals surface area contributed by atoms with Gasteiger partial charge >= 0.3 is 0 Å². The number of rotatable bonds is 0. The molecule has 4 aliphatic carbocycles. The normalized spacial score (nSPS) is 51.0. The van der Waals surface area contributed by atoms with Gasteiger partial charge in [-0.2, -0.15) is 0 Å². The van der Waals surface area contributed by atoms with Crippen molar-refractivity contribution in [1.29, 1.82) is 0 Å². The average Bonchev–Trinajstić information content (AvgIpc) is 2.75. The molecule has 2 heteroatoms. The first kappa shape index (κ1) is 14.7. The summed E-state index contributed by atoms with van der Waals surface area (Å²) in [5.74, 6) is 2.92. The van der Waals surface area contributed by atoms with Gasteiger partial charge in [-0.1, -0.05) is 26.3 Å². The first-order chi connectivity index (χ1) is 10.4. The minimum Gasteiger partial charge on any atom is -0.299 e. The van der Waals surface area contributed by atoms with E-state index in [9.17, 15) is 9.59 Å². The fourth-order valence-corrected chi connectivity index (χ4v) is 6.62. The van der Waals surface area contributed by atoms with E-state index < -0.39 is 0 Å². The molecule has 0 aromatic carbocycles. The van der Waals surface area contributed by atoms with Crippen molar-refractivity contribution in [2.45, 2.75) is 65.7 Å². The van der Waals surface area contributed by atoms with Crippen LogP contribution < -0.4 is 0 Å². The maximum Gasteiger partial charge on any atom is 0.155 e. The zero-order valence-electron chi connectivity index (χ0n) is 14.2. The second kappa shape index (κ2) is 4.55. The zero-order chi connectivity index (χ0) is 15.7. The molecule has 0 aromatic rings. The van der Waals surface area contributed by atoms with Gasteiger partial charge in [-0.25, -0.2) is 0 Å². The van der Waals surface area contributed by atoms with E-state index in [4.69, 9.17) is 0 Å². The molecule has 3 fully saturated rings. The smallest absolute Gasteiger partial charge is 0.155 e. The van der Waals surface area contributed by atoms with Gasteiger partial charge < -0.3 is 0 Å². The Balaban J connectivity index is 1.76. The van der Waals surface area contributed by atoms with E-state index >= 15 is 0 Å². The van der Waals surface area contributed by atoms with Crippen LogP contribution in [0.3, 0.4) is 0 Å². The molecule has 22 heavy (non-hydrogen) atoms. The van der Waals surface area contributed by atoms with Crippen LogP contribution >= 0.6 is 0 Å². The highest BCUT2D eigenvalue weighted by molar-refractivity contribution is 5.93. The fraction of sp³-hybridized carbons (Fsp3) is 0.800. The summed E-state index contributed by atoms with van der Waals surface area (Å²) in [5.41, 5.74) is 1.49. The highest BCUT2D eigenvalue weighted by Crippen LogP contribution is 2.65. The minimum absolute atomic E-state index is 0.0267. The summed E-state index contributed by atoms with van der Waals surface area (Å²) in [4.78, 5) is 25.0. The molecule has 0 heterocycles. The molecule has 4 rings (SSSR count). The Kier molecular flexibility index (Phi) is 3.03. The van der Waals surface area contributed by atoms with Crippen LogP contribution in [0.5, 0.6) is 0 Å². The summed E-state index contributed by atoms with van der Waals surface area (Å²) in [6.07, 6.45) is 8.94. The van der Waals surface area contributed by atoms with Crippen molar-refractivity contribution in [3.05, 3.63) is 11.6 Å². The van der Waals surface area contributed by atoms with Crippen LogP contribution in [0.25, 0.3) is 0 Å². The lowest BCUT2D eigenvalue weighted by atomic mass is 9.46. The van der Waals surface area contributed by atoms with Crippen molar-refractivity contribution < 1.29 is 9.59 Å². The number of allylic oxidation sites excluding steroid dienone is 1. The second-order valence-electron chi connectivity index (χ2n) is 8.97. The number of Topliss-reactive ketones (excluding diaryl/α,β-unsaturated/α-hetero) is 1. The maximum absolute atomic E-state index is 13.2. The number of hydrogen-bond acceptors (Lipinski definition) is 2. The molecular formula is C20H28O2. The average molecular weight is 300 g/mol. The van der Waals surface area contributed by atoms with E-state index in [2.05, 4.69) is 20.8 Å². The molecule has 0 aliphatic heterocycles. The lowest BCUT2D eigenvalue weighted by molar-refractivity contribution is -0.145. The quantitative estimate of drug-likeness (QED) is 0.667. The van der Waals surface area contributed by atoms with Crippen molar-refractivity contribution >= 4 is 11.6 Å². The summed E-state index contributed by atoms with van der Waals surface area (Å²) < 4.78 is 0. The summed E-state index contributed by atoms with van der Waals surface area (Å²) in [5, 5.41) is 0. The third-order valence-corrected chi connectivity index (χ3v) is 8.12. The highest BCUT2D eigenvalue weighted by Gasteiger charge is 2.61. The van der Waals surface area contributed by atoms with Crippen molar-refractivity contribution in [2.75, 3.05) is 0 Å². The molecule has 0 spiro atoms. The predicted molar refractivity (Wildman–Crippen MR) is 86.3 cm³/mol. The van der Waals surface area contributed by atoms with Crippen LogP contribution in [0.15, 0.2) is 11.6 Å². The molecule has 120 valence electrons. The number of hydrogen-bond donors (Lipinski definition) is 0. The van der Waals surface area contributed by atoms with Gasteiger partial charge in [-0.3, -0.25) is 9.59 Å². The van der Waals surface area contributed by atoms with E-state index in [0.717, 1.165) is 31.6 Å². The molecule has 0 bridgehead atoms. The van der Waals surface area contributed by atoms with Crippen LogP contribution in [0, 0.1) is 34.5 Å². The molecule has 2 nitrogen and oxygen atoms in total. The SMILES string of the molecule is CC1CCC2C3CCC4=CC(=O)CCC4(C)C3C(=O)CC12C. The van der Waals surface area contributed by atoms with Gasteiger partial charge in [0.15, 0.2) is 5.78 Å². The zero-order valence-corrected chi connectivity index (χ0v) is 14.2. The molecule has 0 aromatic heterocycles. The number of carbonyl (C=O) groups is 2. The van der Waals surface area contributed by atoms with Crippen LogP contribution in [0.2, 0.25) is 0 Å². The van der Waals surface area contributed by atoms with Crippen LogP contribution in [0.4, 0.5) is 0 Å². The van der Waals surface area contributed by atoms with E-state index in [0.29, 0.717) is 24.0 Å². The third kappa shape index (κ3) is 1.73. The number of ketones is 2. The van der Waals surface area contributed by atoms with Gasteiger partial charge in [-0.15, -0.1) is 0 Å². The van der Waals surface area contributed by atoms with Gasteiger partial charge in [-0.05, 0) is 66.8 Å². The molecule has 3 saturated carbocycles. The molecule has 0 saturated heterocycles.